The van der Waals surface area contributed by atoms with Crippen molar-refractivity contribution in [1.82, 2.24) is 0 Å². The van der Waals surface area contributed by atoms with E-state index in [0.29, 0.717) is 0 Å². The highest BCUT2D eigenvalue weighted by Gasteiger charge is 2.38. The molecule has 0 aromatic carbocycles. The molecule has 0 saturated carbocycles. The number of carbonyl (C=O) groups is 4. The maximum atomic E-state index is 11.7. The van der Waals surface area contributed by atoms with Gasteiger partial charge in [-0.05, 0) is 13.8 Å². The van der Waals surface area contributed by atoms with Gasteiger partial charge in [-0.15, -0.1) is 0 Å². The molecule has 8 nitrogen and oxygen atoms in total. The van der Waals surface area contributed by atoms with E-state index in [4.69, 9.17) is 19.7 Å². The molecule has 0 aromatic rings. The van der Waals surface area contributed by atoms with Crippen molar-refractivity contribution in [2.75, 3.05) is 13.2 Å². The van der Waals surface area contributed by atoms with Gasteiger partial charge in [0.05, 0.1) is 37.9 Å². The van der Waals surface area contributed by atoms with E-state index in [9.17, 15) is 19.2 Å². The van der Waals surface area contributed by atoms with Gasteiger partial charge in [-0.25, -0.2) is 0 Å². The molecule has 0 aliphatic rings. The molecular formula is C12H18O8. The van der Waals surface area contributed by atoms with E-state index >= 15 is 0 Å². The summed E-state index contributed by atoms with van der Waals surface area (Å²) in [4.78, 5) is 45.0. The average Bonchev–Trinajstić information content (AvgIpc) is 2.33. The molecule has 0 saturated heterocycles. The quantitative estimate of drug-likeness (QED) is 0.580. The molecule has 2 atom stereocenters. The number of carboxylic acids is 2. The number of carboxylic acid groups (broad SMARTS) is 2. The number of aliphatic carboxylic acids is 2. The molecule has 0 aliphatic heterocycles. The topological polar surface area (TPSA) is 127 Å². The van der Waals surface area contributed by atoms with Crippen molar-refractivity contribution in [2.45, 2.75) is 26.7 Å². The molecule has 0 fully saturated rings. The summed E-state index contributed by atoms with van der Waals surface area (Å²) in [7, 11) is 0. The van der Waals surface area contributed by atoms with E-state index in [0.717, 1.165) is 0 Å². The lowest BCUT2D eigenvalue weighted by Gasteiger charge is -2.21. The second-order valence-corrected chi connectivity index (χ2v) is 3.91. The zero-order valence-electron chi connectivity index (χ0n) is 11.3. The highest BCUT2D eigenvalue weighted by molar-refractivity contribution is 5.88. The van der Waals surface area contributed by atoms with E-state index in [2.05, 4.69) is 0 Å². The molecule has 0 aromatic heterocycles. The minimum Gasteiger partial charge on any atom is -0.481 e. The van der Waals surface area contributed by atoms with Gasteiger partial charge in [-0.3, -0.25) is 19.2 Å². The molecule has 114 valence electrons. The summed E-state index contributed by atoms with van der Waals surface area (Å²) < 4.78 is 9.39. The fraction of sp³-hybridized carbons (Fsp3) is 0.667. The largest absolute Gasteiger partial charge is 0.481 e. The first-order valence-corrected chi connectivity index (χ1v) is 6.10. The normalized spacial score (nSPS) is 13.1. The predicted octanol–water partition coefficient (Wildman–Crippen LogP) is 0.294. The Bertz CT molecular complexity index is 340. The van der Waals surface area contributed by atoms with E-state index in [1.807, 2.05) is 0 Å². The monoisotopic (exact) mass is 290 g/mol. The minimum atomic E-state index is -1.39. The number of rotatable bonds is 9. The third-order valence-corrected chi connectivity index (χ3v) is 2.45. The van der Waals surface area contributed by atoms with Crippen LogP contribution in [0.5, 0.6) is 0 Å². The van der Waals surface area contributed by atoms with Crippen LogP contribution >= 0.6 is 0 Å². The van der Waals surface area contributed by atoms with Crippen LogP contribution in [0.4, 0.5) is 0 Å². The van der Waals surface area contributed by atoms with Gasteiger partial charge in [-0.1, -0.05) is 0 Å². The maximum absolute atomic E-state index is 11.7. The lowest BCUT2D eigenvalue weighted by molar-refractivity contribution is -0.165. The number of esters is 2. The zero-order chi connectivity index (χ0) is 15.7. The predicted molar refractivity (Wildman–Crippen MR) is 64.8 cm³/mol. The summed E-state index contributed by atoms with van der Waals surface area (Å²) in [6.45, 7) is 3.04. The zero-order valence-corrected chi connectivity index (χ0v) is 11.3. The summed E-state index contributed by atoms with van der Waals surface area (Å²) in [5, 5.41) is 17.6. The van der Waals surface area contributed by atoms with Gasteiger partial charge in [0.2, 0.25) is 0 Å². The molecule has 2 N–H and O–H groups in total. The molecule has 0 bridgehead atoms. The summed E-state index contributed by atoms with van der Waals surface area (Å²) >= 11 is 0. The van der Waals surface area contributed by atoms with Crippen LogP contribution in [0, 0.1) is 11.8 Å². The molecule has 0 heterocycles. The van der Waals surface area contributed by atoms with Gasteiger partial charge in [0, 0.05) is 0 Å². The van der Waals surface area contributed by atoms with Crippen molar-refractivity contribution in [3.63, 3.8) is 0 Å². The van der Waals surface area contributed by atoms with Gasteiger partial charge in [0.25, 0.3) is 0 Å². The van der Waals surface area contributed by atoms with Crippen LogP contribution in [-0.2, 0) is 28.7 Å². The van der Waals surface area contributed by atoms with Crippen LogP contribution in [0.1, 0.15) is 26.7 Å². The molecule has 0 amide bonds. The fourth-order valence-corrected chi connectivity index (χ4v) is 1.65. The van der Waals surface area contributed by atoms with Crippen LogP contribution in [0.15, 0.2) is 0 Å². The summed E-state index contributed by atoms with van der Waals surface area (Å²) in [6, 6.07) is 0. The van der Waals surface area contributed by atoms with Gasteiger partial charge < -0.3 is 19.7 Å². The minimum absolute atomic E-state index is 0.00241. The maximum Gasteiger partial charge on any atom is 0.310 e. The number of carbonyl (C=O) groups excluding carboxylic acids is 2. The SMILES string of the molecule is CCOC(=O)[C@@H](CC(=O)O)[C@H](CC(=O)O)C(=O)OCC. The fourth-order valence-electron chi connectivity index (χ4n) is 1.65. The summed E-state index contributed by atoms with van der Waals surface area (Å²) in [5.41, 5.74) is 0. The first-order chi connectivity index (χ1) is 9.33. The third-order valence-electron chi connectivity index (χ3n) is 2.45. The Balaban J connectivity index is 5.24. The van der Waals surface area contributed by atoms with Gasteiger partial charge in [0.15, 0.2) is 0 Å². The molecule has 0 unspecified atom stereocenters. The number of hydrogen-bond acceptors (Lipinski definition) is 6. The lowest BCUT2D eigenvalue weighted by atomic mass is 9.87. The van der Waals surface area contributed by atoms with Crippen molar-refractivity contribution in [3.05, 3.63) is 0 Å². The average molecular weight is 290 g/mol. The Morgan fingerprint density at radius 2 is 1.10 bits per heavy atom. The van der Waals surface area contributed by atoms with Crippen LogP contribution in [0.2, 0.25) is 0 Å². The Morgan fingerprint density at radius 1 is 0.800 bits per heavy atom. The van der Waals surface area contributed by atoms with Crippen LogP contribution in [-0.4, -0.2) is 47.3 Å². The Hall–Kier alpha value is -2.12. The Kier molecular flexibility index (Phi) is 7.95. The third kappa shape index (κ3) is 6.17. The van der Waals surface area contributed by atoms with Crippen molar-refractivity contribution in [3.8, 4) is 0 Å². The molecule has 8 heteroatoms. The second kappa shape index (κ2) is 8.89. The second-order valence-electron chi connectivity index (χ2n) is 3.91. The highest BCUT2D eigenvalue weighted by Crippen LogP contribution is 2.23. The summed E-state index contributed by atoms with van der Waals surface area (Å²) in [6.07, 6.45) is -1.40. The molecule has 0 spiro atoms. The van der Waals surface area contributed by atoms with Crippen molar-refractivity contribution >= 4 is 23.9 Å². The van der Waals surface area contributed by atoms with Crippen LogP contribution in [0.3, 0.4) is 0 Å². The highest BCUT2D eigenvalue weighted by atomic mass is 16.5. The molecular weight excluding hydrogens is 272 g/mol. The first-order valence-electron chi connectivity index (χ1n) is 6.10. The van der Waals surface area contributed by atoms with E-state index < -0.39 is 48.6 Å². The van der Waals surface area contributed by atoms with Crippen molar-refractivity contribution < 1.29 is 38.9 Å². The van der Waals surface area contributed by atoms with E-state index in [-0.39, 0.29) is 13.2 Å². The standard InChI is InChI=1S/C12H18O8/c1-3-19-11(17)7(5-9(13)14)8(6-10(15)16)12(18)20-4-2/h7-8H,3-6H2,1-2H3,(H,13,14)(H,15,16)/t7-,8-/m0/s1. The Labute approximate surface area is 115 Å². The van der Waals surface area contributed by atoms with Gasteiger partial charge >= 0.3 is 23.9 Å². The smallest absolute Gasteiger partial charge is 0.310 e. The molecule has 0 rings (SSSR count). The van der Waals surface area contributed by atoms with Crippen molar-refractivity contribution in [1.29, 1.82) is 0 Å². The Morgan fingerprint density at radius 3 is 1.30 bits per heavy atom. The molecule has 0 aliphatic carbocycles. The van der Waals surface area contributed by atoms with Crippen molar-refractivity contribution in [2.24, 2.45) is 11.8 Å². The number of ether oxygens (including phenoxy) is 2. The number of hydrogen-bond donors (Lipinski definition) is 2. The van der Waals surface area contributed by atoms with E-state index in [1.165, 1.54) is 13.8 Å². The molecule has 0 radical (unpaired) electrons. The van der Waals surface area contributed by atoms with Crippen LogP contribution in [0.25, 0.3) is 0 Å². The first kappa shape index (κ1) is 17.9. The van der Waals surface area contributed by atoms with Crippen LogP contribution < -0.4 is 0 Å². The van der Waals surface area contributed by atoms with Gasteiger partial charge in [0.1, 0.15) is 0 Å². The van der Waals surface area contributed by atoms with E-state index in [1.54, 1.807) is 0 Å². The molecule has 20 heavy (non-hydrogen) atoms. The lowest BCUT2D eigenvalue weighted by Crippen LogP contribution is -2.35. The summed E-state index contributed by atoms with van der Waals surface area (Å²) in [5.74, 6) is -7.28. The van der Waals surface area contributed by atoms with Gasteiger partial charge in [-0.2, -0.15) is 0 Å².